The number of carbonyl (C=O) groups is 2. The summed E-state index contributed by atoms with van der Waals surface area (Å²) in [5.41, 5.74) is 6.47. The molecule has 98 valence electrons. The van der Waals surface area contributed by atoms with Crippen LogP contribution in [-0.4, -0.2) is 29.8 Å². The zero-order chi connectivity index (χ0) is 13.3. The number of nitrogens with two attached hydrogens (primary N) is 1. The van der Waals surface area contributed by atoms with E-state index in [1.54, 1.807) is 4.90 Å². The molecule has 2 amide bonds. The topological polar surface area (TPSA) is 63.4 Å². The number of hydrogen-bond donors (Lipinski definition) is 1. The van der Waals surface area contributed by atoms with Gasteiger partial charge in [-0.25, -0.2) is 0 Å². The molecule has 4 nitrogen and oxygen atoms in total. The summed E-state index contributed by atoms with van der Waals surface area (Å²) >= 11 is 1.52. The van der Waals surface area contributed by atoms with Gasteiger partial charge in [0.15, 0.2) is 0 Å². The van der Waals surface area contributed by atoms with Crippen molar-refractivity contribution < 1.29 is 9.59 Å². The van der Waals surface area contributed by atoms with Crippen LogP contribution in [0.1, 0.15) is 33.0 Å². The Balaban J connectivity index is 2.11. The molecule has 0 aromatic carbocycles. The van der Waals surface area contributed by atoms with Crippen LogP contribution in [0, 0.1) is 19.8 Å². The minimum Gasteiger partial charge on any atom is -0.369 e. The summed E-state index contributed by atoms with van der Waals surface area (Å²) in [5, 5.41) is 0. The molecule has 2 heterocycles. The monoisotopic (exact) mass is 266 g/mol. The third-order valence-corrected chi connectivity index (χ3v) is 4.63. The standard InChI is InChI=1S/C13H18N2O2S/c1-8-6-11(18-9(8)2)13(17)15-5-3-4-10(7-15)12(14)16/h6,10H,3-5,7H2,1-2H3,(H2,14,16). The van der Waals surface area contributed by atoms with Gasteiger partial charge in [0.05, 0.1) is 10.8 Å². The van der Waals surface area contributed by atoms with E-state index in [2.05, 4.69) is 0 Å². The Kier molecular flexibility index (Phi) is 3.71. The lowest BCUT2D eigenvalue weighted by atomic mass is 9.97. The summed E-state index contributed by atoms with van der Waals surface area (Å²) in [6.07, 6.45) is 1.64. The second kappa shape index (κ2) is 5.10. The van der Waals surface area contributed by atoms with Crippen molar-refractivity contribution in [2.75, 3.05) is 13.1 Å². The van der Waals surface area contributed by atoms with Crippen LogP contribution in [-0.2, 0) is 4.79 Å². The predicted molar refractivity (Wildman–Crippen MR) is 71.6 cm³/mol. The van der Waals surface area contributed by atoms with Gasteiger partial charge < -0.3 is 10.6 Å². The Morgan fingerprint density at radius 2 is 2.17 bits per heavy atom. The first kappa shape index (κ1) is 13.1. The Hall–Kier alpha value is -1.36. The van der Waals surface area contributed by atoms with Crippen LogP contribution in [0.15, 0.2) is 6.07 Å². The lowest BCUT2D eigenvalue weighted by Gasteiger charge is -2.30. The molecule has 1 unspecified atom stereocenters. The molecule has 1 aromatic heterocycles. The highest BCUT2D eigenvalue weighted by Crippen LogP contribution is 2.24. The van der Waals surface area contributed by atoms with Crippen molar-refractivity contribution in [3.05, 3.63) is 21.4 Å². The van der Waals surface area contributed by atoms with Gasteiger partial charge in [0.1, 0.15) is 0 Å². The summed E-state index contributed by atoms with van der Waals surface area (Å²) in [4.78, 5) is 27.2. The van der Waals surface area contributed by atoms with E-state index in [4.69, 9.17) is 5.73 Å². The number of carbonyl (C=O) groups excluding carboxylic acids is 2. The lowest BCUT2D eigenvalue weighted by Crippen LogP contribution is -2.43. The van der Waals surface area contributed by atoms with Crippen LogP contribution in [0.4, 0.5) is 0 Å². The zero-order valence-corrected chi connectivity index (χ0v) is 11.5. The molecule has 0 radical (unpaired) electrons. The Labute approximate surface area is 111 Å². The molecule has 2 N–H and O–H groups in total. The van der Waals surface area contributed by atoms with Gasteiger partial charge in [0.25, 0.3) is 5.91 Å². The van der Waals surface area contributed by atoms with Gasteiger partial charge in [0.2, 0.25) is 5.91 Å². The molecule has 0 spiro atoms. The van der Waals surface area contributed by atoms with Crippen LogP contribution in [0.5, 0.6) is 0 Å². The van der Waals surface area contributed by atoms with Gasteiger partial charge >= 0.3 is 0 Å². The van der Waals surface area contributed by atoms with Crippen LogP contribution in [0.3, 0.4) is 0 Å². The molecule has 5 heteroatoms. The molecule has 1 atom stereocenters. The number of nitrogens with zero attached hydrogens (tertiary/aromatic N) is 1. The molecule has 0 saturated carbocycles. The summed E-state index contributed by atoms with van der Waals surface area (Å²) in [6, 6.07) is 1.93. The minimum absolute atomic E-state index is 0.0298. The van der Waals surface area contributed by atoms with Crippen molar-refractivity contribution in [2.45, 2.75) is 26.7 Å². The highest BCUT2D eigenvalue weighted by molar-refractivity contribution is 7.14. The average Bonchev–Trinajstić information content (AvgIpc) is 2.69. The maximum Gasteiger partial charge on any atom is 0.263 e. The van der Waals surface area contributed by atoms with Crippen molar-refractivity contribution >= 4 is 23.2 Å². The second-order valence-electron chi connectivity index (χ2n) is 4.84. The first-order chi connectivity index (χ1) is 8.49. The number of piperidine rings is 1. The maximum atomic E-state index is 12.3. The molecule has 2 rings (SSSR count). The molecule has 1 aliphatic heterocycles. The number of thiophene rings is 1. The number of aryl methyl sites for hydroxylation is 2. The number of hydrogen-bond acceptors (Lipinski definition) is 3. The first-order valence-electron chi connectivity index (χ1n) is 6.14. The third kappa shape index (κ3) is 2.56. The van der Waals surface area contributed by atoms with E-state index in [1.807, 2.05) is 19.9 Å². The van der Waals surface area contributed by atoms with Crippen molar-refractivity contribution in [1.82, 2.24) is 4.90 Å². The predicted octanol–water partition coefficient (Wildman–Crippen LogP) is 1.70. The second-order valence-corrected chi connectivity index (χ2v) is 6.10. The van der Waals surface area contributed by atoms with Crippen molar-refractivity contribution in [1.29, 1.82) is 0 Å². The fraction of sp³-hybridized carbons (Fsp3) is 0.538. The minimum atomic E-state index is -0.300. The largest absolute Gasteiger partial charge is 0.369 e. The molecule has 0 bridgehead atoms. The number of likely N-dealkylation sites (tertiary alicyclic amines) is 1. The molecule has 1 fully saturated rings. The maximum absolute atomic E-state index is 12.3. The SMILES string of the molecule is Cc1cc(C(=O)N2CCCC(C(N)=O)C2)sc1C. The molecular formula is C13H18N2O2S. The van der Waals surface area contributed by atoms with E-state index in [0.29, 0.717) is 6.54 Å². The normalized spacial score (nSPS) is 19.9. The quantitative estimate of drug-likeness (QED) is 0.885. The molecule has 0 aliphatic carbocycles. The van der Waals surface area contributed by atoms with Gasteiger partial charge in [-0.05, 0) is 38.3 Å². The molecule has 1 saturated heterocycles. The van der Waals surface area contributed by atoms with Gasteiger partial charge in [-0.15, -0.1) is 11.3 Å². The fourth-order valence-corrected chi connectivity index (χ4v) is 3.23. The smallest absolute Gasteiger partial charge is 0.263 e. The van der Waals surface area contributed by atoms with E-state index in [0.717, 1.165) is 29.8 Å². The van der Waals surface area contributed by atoms with Crippen LogP contribution in [0.25, 0.3) is 0 Å². The van der Waals surface area contributed by atoms with E-state index < -0.39 is 0 Å². The first-order valence-corrected chi connectivity index (χ1v) is 6.96. The Bertz CT molecular complexity index is 462. The van der Waals surface area contributed by atoms with E-state index >= 15 is 0 Å². The highest BCUT2D eigenvalue weighted by Gasteiger charge is 2.28. The zero-order valence-electron chi connectivity index (χ0n) is 10.7. The van der Waals surface area contributed by atoms with Crippen molar-refractivity contribution in [3.63, 3.8) is 0 Å². The van der Waals surface area contributed by atoms with Crippen LogP contribution < -0.4 is 5.73 Å². The van der Waals surface area contributed by atoms with Crippen LogP contribution in [0.2, 0.25) is 0 Å². The summed E-state index contributed by atoms with van der Waals surface area (Å²) in [6.45, 7) is 5.20. The Morgan fingerprint density at radius 3 is 2.72 bits per heavy atom. The van der Waals surface area contributed by atoms with E-state index in [1.165, 1.54) is 16.2 Å². The molecule has 1 aromatic rings. The molecule has 1 aliphatic rings. The number of rotatable bonds is 2. The molecule has 18 heavy (non-hydrogen) atoms. The average molecular weight is 266 g/mol. The van der Waals surface area contributed by atoms with E-state index in [-0.39, 0.29) is 17.7 Å². The Morgan fingerprint density at radius 1 is 1.44 bits per heavy atom. The van der Waals surface area contributed by atoms with Gasteiger partial charge in [-0.3, -0.25) is 9.59 Å². The highest BCUT2D eigenvalue weighted by atomic mass is 32.1. The third-order valence-electron chi connectivity index (χ3n) is 3.49. The fourth-order valence-electron chi connectivity index (χ4n) is 2.23. The van der Waals surface area contributed by atoms with E-state index in [9.17, 15) is 9.59 Å². The summed E-state index contributed by atoms with van der Waals surface area (Å²) in [7, 11) is 0. The van der Waals surface area contributed by atoms with Gasteiger partial charge in [0, 0.05) is 18.0 Å². The number of primary amides is 1. The van der Waals surface area contributed by atoms with Crippen LogP contribution >= 0.6 is 11.3 Å². The molecular weight excluding hydrogens is 248 g/mol. The van der Waals surface area contributed by atoms with Crippen molar-refractivity contribution in [3.8, 4) is 0 Å². The summed E-state index contributed by atoms with van der Waals surface area (Å²) < 4.78 is 0. The van der Waals surface area contributed by atoms with Gasteiger partial charge in [-0.2, -0.15) is 0 Å². The summed E-state index contributed by atoms with van der Waals surface area (Å²) in [5.74, 6) is -0.460. The van der Waals surface area contributed by atoms with Crippen molar-refractivity contribution in [2.24, 2.45) is 11.7 Å². The van der Waals surface area contributed by atoms with Gasteiger partial charge in [-0.1, -0.05) is 0 Å². The lowest BCUT2D eigenvalue weighted by molar-refractivity contribution is -0.123. The number of amides is 2.